The first-order valence-electron chi connectivity index (χ1n) is 6.23. The van der Waals surface area contributed by atoms with Gasteiger partial charge in [0.05, 0.1) is 5.54 Å². The molecule has 0 atom stereocenters. The molecule has 2 aliphatic rings. The van der Waals surface area contributed by atoms with Crippen LogP contribution in [0.1, 0.15) is 32.6 Å². The van der Waals surface area contributed by atoms with Crippen molar-refractivity contribution >= 4 is 11.8 Å². The Labute approximate surface area is 101 Å². The van der Waals surface area contributed by atoms with Crippen molar-refractivity contribution in [1.29, 1.82) is 0 Å². The zero-order valence-electron chi connectivity index (χ0n) is 10.3. The Morgan fingerprint density at radius 2 is 1.82 bits per heavy atom. The minimum Gasteiger partial charge on any atom is -0.362 e. The largest absolute Gasteiger partial charge is 0.362 e. The maximum Gasteiger partial charge on any atom is 0.255 e. The number of ether oxygens (including phenoxy) is 1. The molecule has 0 aromatic rings. The predicted octanol–water partition coefficient (Wildman–Crippen LogP) is 0.279. The van der Waals surface area contributed by atoms with Gasteiger partial charge in [-0.25, -0.2) is 0 Å². The first kappa shape index (κ1) is 12.5. The number of hydrogen-bond acceptors (Lipinski definition) is 4. The number of hydrogen-bond donors (Lipinski definition) is 1. The van der Waals surface area contributed by atoms with Crippen LogP contribution in [0.4, 0.5) is 0 Å². The van der Waals surface area contributed by atoms with Crippen LogP contribution in [0.3, 0.4) is 0 Å². The second-order valence-corrected chi connectivity index (χ2v) is 5.23. The van der Waals surface area contributed by atoms with E-state index in [0.717, 1.165) is 25.7 Å². The van der Waals surface area contributed by atoms with Crippen molar-refractivity contribution in [3.05, 3.63) is 0 Å². The second-order valence-electron chi connectivity index (χ2n) is 5.23. The smallest absolute Gasteiger partial charge is 0.255 e. The molecular weight excluding hydrogens is 220 g/mol. The highest BCUT2D eigenvalue weighted by molar-refractivity contribution is 5.99. The van der Waals surface area contributed by atoms with Crippen LogP contribution in [0.15, 0.2) is 0 Å². The fraction of sp³-hybridized carbons (Fsp3) is 0.833. The van der Waals surface area contributed by atoms with Crippen molar-refractivity contribution in [1.82, 2.24) is 4.90 Å². The van der Waals surface area contributed by atoms with Crippen LogP contribution in [0.2, 0.25) is 0 Å². The summed E-state index contributed by atoms with van der Waals surface area (Å²) in [6, 6.07) is 0. The van der Waals surface area contributed by atoms with Crippen LogP contribution < -0.4 is 5.73 Å². The maximum absolute atomic E-state index is 11.9. The molecule has 96 valence electrons. The Kier molecular flexibility index (Phi) is 3.49. The zero-order valence-corrected chi connectivity index (χ0v) is 10.3. The average Bonchev–Trinajstić information content (AvgIpc) is 2.32. The molecule has 0 aromatic carbocycles. The van der Waals surface area contributed by atoms with E-state index in [4.69, 9.17) is 10.5 Å². The maximum atomic E-state index is 11.9. The molecule has 2 N–H and O–H groups in total. The van der Waals surface area contributed by atoms with Gasteiger partial charge in [-0.2, -0.15) is 0 Å². The third-order valence-electron chi connectivity index (χ3n) is 4.01. The van der Waals surface area contributed by atoms with Gasteiger partial charge in [0.2, 0.25) is 0 Å². The van der Waals surface area contributed by atoms with E-state index >= 15 is 0 Å². The lowest BCUT2D eigenvalue weighted by atomic mass is 9.75. The van der Waals surface area contributed by atoms with Gasteiger partial charge in [-0.05, 0) is 31.6 Å². The normalized spacial score (nSPS) is 35.2. The minimum atomic E-state index is -0.454. The van der Waals surface area contributed by atoms with Gasteiger partial charge in [-0.3, -0.25) is 14.5 Å². The van der Waals surface area contributed by atoms with E-state index in [1.807, 2.05) is 0 Å². The number of morpholine rings is 1. The molecule has 1 saturated carbocycles. The molecule has 0 radical (unpaired) electrons. The van der Waals surface area contributed by atoms with Gasteiger partial charge in [-0.1, -0.05) is 6.92 Å². The number of carbonyl (C=O) groups excluding carboxylic acids is 2. The molecule has 2 rings (SSSR count). The minimum absolute atomic E-state index is 0.00302. The Hall–Kier alpha value is -0.940. The predicted molar refractivity (Wildman–Crippen MR) is 62.1 cm³/mol. The van der Waals surface area contributed by atoms with E-state index in [0.29, 0.717) is 12.5 Å². The molecule has 0 spiro atoms. The molecule has 1 aliphatic carbocycles. The van der Waals surface area contributed by atoms with Crippen molar-refractivity contribution in [2.24, 2.45) is 11.7 Å². The van der Waals surface area contributed by atoms with Crippen LogP contribution in [-0.2, 0) is 14.3 Å². The van der Waals surface area contributed by atoms with Crippen molar-refractivity contribution in [3.63, 3.8) is 0 Å². The van der Waals surface area contributed by atoms with E-state index in [2.05, 4.69) is 6.92 Å². The van der Waals surface area contributed by atoms with E-state index in [1.54, 1.807) is 0 Å². The number of amides is 2. The molecule has 1 heterocycles. The number of rotatable bonds is 2. The monoisotopic (exact) mass is 240 g/mol. The lowest BCUT2D eigenvalue weighted by molar-refractivity contribution is -0.168. The number of nitrogens with zero attached hydrogens (tertiary/aromatic N) is 1. The summed E-state index contributed by atoms with van der Waals surface area (Å²) in [4.78, 5) is 25.1. The first-order chi connectivity index (χ1) is 8.09. The topological polar surface area (TPSA) is 72.6 Å². The van der Waals surface area contributed by atoms with Crippen LogP contribution in [0.25, 0.3) is 0 Å². The van der Waals surface area contributed by atoms with Crippen LogP contribution in [0, 0.1) is 5.92 Å². The van der Waals surface area contributed by atoms with Gasteiger partial charge >= 0.3 is 0 Å². The van der Waals surface area contributed by atoms with Gasteiger partial charge in [0.25, 0.3) is 11.8 Å². The van der Waals surface area contributed by atoms with Crippen molar-refractivity contribution in [3.8, 4) is 0 Å². The van der Waals surface area contributed by atoms with Gasteiger partial charge in [0.1, 0.15) is 13.2 Å². The Bertz CT molecular complexity index is 306. The van der Waals surface area contributed by atoms with E-state index in [1.165, 1.54) is 4.90 Å². The first-order valence-corrected chi connectivity index (χ1v) is 6.23. The van der Waals surface area contributed by atoms with Crippen LogP contribution >= 0.6 is 0 Å². The molecule has 1 saturated heterocycles. The molecule has 2 fully saturated rings. The summed E-state index contributed by atoms with van der Waals surface area (Å²) in [7, 11) is 0. The third-order valence-corrected chi connectivity index (χ3v) is 4.01. The lowest BCUT2D eigenvalue weighted by Gasteiger charge is -2.47. The fourth-order valence-electron chi connectivity index (χ4n) is 2.84. The Morgan fingerprint density at radius 3 is 2.29 bits per heavy atom. The molecule has 0 bridgehead atoms. The van der Waals surface area contributed by atoms with Crippen LogP contribution in [0.5, 0.6) is 0 Å². The van der Waals surface area contributed by atoms with Crippen molar-refractivity contribution < 1.29 is 14.3 Å². The fourth-order valence-corrected chi connectivity index (χ4v) is 2.84. The molecule has 0 unspecified atom stereocenters. The summed E-state index contributed by atoms with van der Waals surface area (Å²) in [6.45, 7) is 2.56. The van der Waals surface area contributed by atoms with E-state index < -0.39 is 5.54 Å². The molecule has 17 heavy (non-hydrogen) atoms. The van der Waals surface area contributed by atoms with Gasteiger partial charge in [0, 0.05) is 6.54 Å². The standard InChI is InChI=1S/C12H20N2O3/c1-9-2-4-12(8-13,5-3-9)14-10(15)6-17-7-11(14)16/h9H,2-8,13H2,1H3. The zero-order chi connectivity index (χ0) is 12.5. The Balaban J connectivity index is 2.21. The van der Waals surface area contributed by atoms with Gasteiger partial charge < -0.3 is 10.5 Å². The number of carbonyl (C=O) groups is 2. The highest BCUT2D eigenvalue weighted by Gasteiger charge is 2.45. The molecule has 1 aliphatic heterocycles. The highest BCUT2D eigenvalue weighted by atomic mass is 16.5. The third kappa shape index (κ3) is 2.21. The number of imide groups is 1. The lowest BCUT2D eigenvalue weighted by Crippen LogP contribution is -2.63. The molecule has 5 heteroatoms. The summed E-state index contributed by atoms with van der Waals surface area (Å²) < 4.78 is 4.94. The highest BCUT2D eigenvalue weighted by Crippen LogP contribution is 2.36. The quantitative estimate of drug-likeness (QED) is 0.704. The van der Waals surface area contributed by atoms with E-state index in [9.17, 15) is 9.59 Å². The van der Waals surface area contributed by atoms with Crippen molar-refractivity contribution in [2.45, 2.75) is 38.1 Å². The Morgan fingerprint density at radius 1 is 1.29 bits per heavy atom. The average molecular weight is 240 g/mol. The number of nitrogens with two attached hydrogens (primary N) is 1. The van der Waals surface area contributed by atoms with Crippen molar-refractivity contribution in [2.75, 3.05) is 19.8 Å². The second kappa shape index (κ2) is 4.74. The summed E-state index contributed by atoms with van der Waals surface area (Å²) in [5, 5.41) is 0. The summed E-state index contributed by atoms with van der Waals surface area (Å²) in [6.07, 6.45) is 3.69. The summed E-state index contributed by atoms with van der Waals surface area (Å²) in [5.74, 6) is 0.184. The van der Waals surface area contributed by atoms with Crippen LogP contribution in [-0.4, -0.2) is 42.0 Å². The van der Waals surface area contributed by atoms with Gasteiger partial charge in [-0.15, -0.1) is 0 Å². The molecule has 5 nitrogen and oxygen atoms in total. The summed E-state index contributed by atoms with van der Waals surface area (Å²) >= 11 is 0. The molecule has 0 aromatic heterocycles. The molecular formula is C12H20N2O3. The van der Waals surface area contributed by atoms with E-state index in [-0.39, 0.29) is 25.0 Å². The SMILES string of the molecule is CC1CCC(CN)(N2C(=O)COCC2=O)CC1. The van der Waals surface area contributed by atoms with Gasteiger partial charge in [0.15, 0.2) is 0 Å². The summed E-state index contributed by atoms with van der Waals surface area (Å²) in [5.41, 5.74) is 5.40. The molecule has 2 amide bonds.